The lowest BCUT2D eigenvalue weighted by atomic mass is 10.1. The zero-order valence-electron chi connectivity index (χ0n) is 16.4. The molecule has 0 radical (unpaired) electrons. The molecule has 0 saturated carbocycles. The van der Waals surface area contributed by atoms with Gasteiger partial charge in [0, 0.05) is 29.6 Å². The highest BCUT2D eigenvalue weighted by molar-refractivity contribution is 6.00. The molecule has 0 bridgehead atoms. The topological polar surface area (TPSA) is 164 Å². The van der Waals surface area contributed by atoms with Crippen molar-refractivity contribution in [2.75, 3.05) is 12.4 Å². The number of hydrogen-bond donors (Lipinski definition) is 2. The Balaban J connectivity index is 1.86. The summed E-state index contributed by atoms with van der Waals surface area (Å²) in [6, 6.07) is 13.2. The van der Waals surface area contributed by atoms with Crippen LogP contribution in [0.15, 0.2) is 53.8 Å². The summed E-state index contributed by atoms with van der Waals surface area (Å²) in [4.78, 5) is 16.2. The van der Waals surface area contributed by atoms with Crippen LogP contribution in [-0.2, 0) is 0 Å². The lowest BCUT2D eigenvalue weighted by Crippen LogP contribution is -2.01. The van der Waals surface area contributed by atoms with Crippen LogP contribution in [0.1, 0.15) is 18.3 Å². The van der Waals surface area contributed by atoms with Gasteiger partial charge in [0.1, 0.15) is 17.4 Å². The molecule has 0 aliphatic heterocycles. The molecule has 31 heavy (non-hydrogen) atoms. The number of hydrogen-bond acceptors (Lipinski definition) is 10. The van der Waals surface area contributed by atoms with Crippen molar-refractivity contribution >= 4 is 22.7 Å². The van der Waals surface area contributed by atoms with Crippen molar-refractivity contribution in [3.05, 3.63) is 70.2 Å². The summed E-state index contributed by atoms with van der Waals surface area (Å²) in [7, 11) is 1.54. The number of anilines is 1. The number of ether oxygens (including phenoxy) is 1. The third kappa shape index (κ3) is 5.18. The maximum Gasteiger partial charge on any atom is 0.275 e. The van der Waals surface area contributed by atoms with Gasteiger partial charge in [-0.15, -0.1) is 10.2 Å². The Hall–Kier alpha value is -4.79. The van der Waals surface area contributed by atoms with Crippen molar-refractivity contribution in [3.63, 3.8) is 0 Å². The Morgan fingerprint density at radius 3 is 2.84 bits per heavy atom. The Morgan fingerprint density at radius 1 is 1.35 bits per heavy atom. The second kappa shape index (κ2) is 9.61. The van der Waals surface area contributed by atoms with Crippen molar-refractivity contribution in [1.29, 1.82) is 5.26 Å². The fourth-order valence-corrected chi connectivity index (χ4v) is 2.52. The van der Waals surface area contributed by atoms with Gasteiger partial charge in [0.05, 0.1) is 23.8 Å². The summed E-state index contributed by atoms with van der Waals surface area (Å²) in [5.74, 6) is 0.815. The molecule has 1 heterocycles. The molecule has 0 fully saturated rings. The van der Waals surface area contributed by atoms with E-state index in [0.717, 1.165) is 5.56 Å². The Labute approximate surface area is 175 Å². The molecule has 2 aromatic carbocycles. The van der Waals surface area contributed by atoms with E-state index in [2.05, 4.69) is 31.1 Å². The van der Waals surface area contributed by atoms with Gasteiger partial charge in [-0.3, -0.25) is 10.1 Å². The lowest BCUT2D eigenvalue weighted by Gasteiger charge is -2.08. The third-order valence-corrected chi connectivity index (χ3v) is 3.98. The van der Waals surface area contributed by atoms with Crippen LogP contribution in [0, 0.1) is 21.4 Å². The first kappa shape index (κ1) is 20.9. The SMILES string of the molecule is COc1ccccc1C(C)=NOc1cc(NC=C(C#N)c2nn[nH]n2)cc([N+](=O)[O-])c1. The van der Waals surface area contributed by atoms with E-state index < -0.39 is 4.92 Å². The van der Waals surface area contributed by atoms with Gasteiger partial charge in [-0.25, -0.2) is 0 Å². The van der Waals surface area contributed by atoms with Gasteiger partial charge in [-0.1, -0.05) is 17.3 Å². The molecule has 156 valence electrons. The molecule has 12 heteroatoms. The Kier molecular flexibility index (Phi) is 6.49. The monoisotopic (exact) mass is 420 g/mol. The Morgan fingerprint density at radius 2 is 2.16 bits per heavy atom. The van der Waals surface area contributed by atoms with Crippen molar-refractivity contribution < 1.29 is 14.5 Å². The van der Waals surface area contributed by atoms with Crippen LogP contribution in [0.5, 0.6) is 11.5 Å². The van der Waals surface area contributed by atoms with E-state index in [-0.39, 0.29) is 22.8 Å². The van der Waals surface area contributed by atoms with Crippen LogP contribution in [0.25, 0.3) is 5.57 Å². The molecule has 12 nitrogen and oxygen atoms in total. The van der Waals surface area contributed by atoms with Crippen molar-refractivity contribution in [2.24, 2.45) is 5.16 Å². The standard InChI is InChI=1S/C19H16N8O4/c1-12(17-5-3-4-6-18(17)30-2)24-31-16-8-14(7-15(9-16)27(28)29)21-11-13(10-20)19-22-25-26-23-19/h3-9,11,21H,1-2H3,(H,22,23,25,26). The predicted octanol–water partition coefficient (Wildman–Crippen LogP) is 2.90. The molecule has 0 atom stereocenters. The number of nitriles is 1. The number of para-hydroxylation sites is 1. The molecule has 3 aromatic rings. The van der Waals surface area contributed by atoms with Gasteiger partial charge in [0.15, 0.2) is 5.75 Å². The normalized spacial score (nSPS) is 11.5. The average molecular weight is 420 g/mol. The van der Waals surface area contributed by atoms with Gasteiger partial charge in [0.25, 0.3) is 5.69 Å². The third-order valence-electron chi connectivity index (χ3n) is 3.98. The van der Waals surface area contributed by atoms with Crippen molar-refractivity contribution in [3.8, 4) is 17.6 Å². The van der Waals surface area contributed by atoms with E-state index in [0.29, 0.717) is 17.1 Å². The first-order chi connectivity index (χ1) is 15.0. The number of nitrogens with one attached hydrogen (secondary N) is 2. The van der Waals surface area contributed by atoms with Crippen molar-refractivity contribution in [1.82, 2.24) is 20.6 Å². The van der Waals surface area contributed by atoms with Crippen LogP contribution in [0.4, 0.5) is 11.4 Å². The molecule has 0 amide bonds. The minimum Gasteiger partial charge on any atom is -0.496 e. The molecule has 0 aliphatic rings. The van der Waals surface area contributed by atoms with Crippen LogP contribution in [-0.4, -0.2) is 38.4 Å². The second-order valence-electron chi connectivity index (χ2n) is 5.99. The number of tetrazole rings is 1. The maximum atomic E-state index is 11.3. The number of non-ortho nitro benzene ring substituents is 1. The summed E-state index contributed by atoms with van der Waals surface area (Å²) < 4.78 is 5.30. The van der Waals surface area contributed by atoms with Crippen LogP contribution in [0.2, 0.25) is 0 Å². The van der Waals surface area contributed by atoms with E-state index in [1.165, 1.54) is 24.4 Å². The summed E-state index contributed by atoms with van der Waals surface area (Å²) in [5.41, 5.74) is 1.38. The molecular formula is C19H16N8O4. The fraction of sp³-hybridized carbons (Fsp3) is 0.105. The number of aromatic nitrogens is 4. The highest BCUT2D eigenvalue weighted by atomic mass is 16.6. The van der Waals surface area contributed by atoms with Gasteiger partial charge >= 0.3 is 0 Å². The summed E-state index contributed by atoms with van der Waals surface area (Å²) in [6.45, 7) is 1.72. The number of nitro groups is 1. The zero-order valence-corrected chi connectivity index (χ0v) is 16.4. The molecule has 0 unspecified atom stereocenters. The van der Waals surface area contributed by atoms with Crippen molar-refractivity contribution in [2.45, 2.75) is 6.92 Å². The first-order valence-electron chi connectivity index (χ1n) is 8.77. The molecule has 0 spiro atoms. The van der Waals surface area contributed by atoms with E-state index in [1.54, 1.807) is 20.1 Å². The molecule has 1 aromatic heterocycles. The number of allylic oxidation sites excluding steroid dienone is 1. The van der Waals surface area contributed by atoms with E-state index in [1.807, 2.05) is 24.3 Å². The van der Waals surface area contributed by atoms with Crippen LogP contribution < -0.4 is 14.9 Å². The predicted molar refractivity (Wildman–Crippen MR) is 110 cm³/mol. The molecule has 2 N–H and O–H groups in total. The van der Waals surface area contributed by atoms with Crippen LogP contribution in [0.3, 0.4) is 0 Å². The lowest BCUT2D eigenvalue weighted by molar-refractivity contribution is -0.384. The van der Waals surface area contributed by atoms with Crippen LogP contribution >= 0.6 is 0 Å². The number of H-pyrrole nitrogens is 1. The maximum absolute atomic E-state index is 11.3. The number of methoxy groups -OCH3 is 1. The summed E-state index contributed by atoms with van der Waals surface area (Å²) in [5, 5.41) is 40.4. The van der Waals surface area contributed by atoms with Gasteiger partial charge < -0.3 is 14.9 Å². The molecule has 0 saturated heterocycles. The zero-order chi connectivity index (χ0) is 22.2. The largest absolute Gasteiger partial charge is 0.496 e. The second-order valence-corrected chi connectivity index (χ2v) is 5.99. The number of nitrogens with zero attached hydrogens (tertiary/aromatic N) is 6. The summed E-state index contributed by atoms with van der Waals surface area (Å²) >= 11 is 0. The molecule has 3 rings (SSSR count). The number of rotatable bonds is 8. The number of aromatic amines is 1. The Bertz CT molecular complexity index is 1180. The highest BCUT2D eigenvalue weighted by Gasteiger charge is 2.13. The quantitative estimate of drug-likeness (QED) is 0.241. The van der Waals surface area contributed by atoms with Gasteiger partial charge in [0.2, 0.25) is 5.82 Å². The van der Waals surface area contributed by atoms with Gasteiger partial charge in [-0.05, 0) is 24.3 Å². The fourth-order valence-electron chi connectivity index (χ4n) is 2.52. The average Bonchev–Trinajstić information content (AvgIpc) is 3.32. The van der Waals surface area contributed by atoms with E-state index in [4.69, 9.17) is 9.57 Å². The molecular weight excluding hydrogens is 404 g/mol. The minimum atomic E-state index is -0.567. The van der Waals surface area contributed by atoms with E-state index in [9.17, 15) is 15.4 Å². The summed E-state index contributed by atoms with van der Waals surface area (Å²) in [6.07, 6.45) is 1.30. The highest BCUT2D eigenvalue weighted by Crippen LogP contribution is 2.27. The van der Waals surface area contributed by atoms with Gasteiger partial charge in [-0.2, -0.15) is 10.5 Å². The number of benzene rings is 2. The number of oxime groups is 1. The first-order valence-corrected chi connectivity index (χ1v) is 8.77. The molecule has 0 aliphatic carbocycles. The van der Waals surface area contributed by atoms with E-state index >= 15 is 0 Å². The smallest absolute Gasteiger partial charge is 0.275 e. The minimum absolute atomic E-state index is 0.0766. The number of nitro benzene ring substituents is 1.